The normalized spacial score (nSPS) is 13.9. The third-order valence-corrected chi connectivity index (χ3v) is 3.27. The number of hydrogen-bond donors (Lipinski definition) is 0. The minimum absolute atomic E-state index is 1.13. The summed E-state index contributed by atoms with van der Waals surface area (Å²) in [5.74, 6) is 0. The van der Waals surface area contributed by atoms with Crippen LogP contribution in [0.1, 0.15) is 30.4 Å². The second-order valence-electron chi connectivity index (χ2n) is 3.82. The number of fused-ring (bicyclic) bond motifs is 1. The van der Waals surface area contributed by atoms with Gasteiger partial charge in [0.25, 0.3) is 0 Å². The summed E-state index contributed by atoms with van der Waals surface area (Å²) in [6.07, 6.45) is 7.40. The average molecular weight is 251 g/mol. The molecular formula is C13H15Br. The second-order valence-corrected chi connectivity index (χ2v) is 4.62. The number of unbranched alkanes of at least 4 members (excludes halogenated alkanes) is 1. The fourth-order valence-electron chi connectivity index (χ4n) is 1.96. The van der Waals surface area contributed by atoms with Crippen LogP contribution in [0.3, 0.4) is 0 Å². The zero-order valence-electron chi connectivity index (χ0n) is 8.30. The summed E-state index contributed by atoms with van der Waals surface area (Å²) in [6.45, 7) is 0. The Morgan fingerprint density at radius 1 is 1.14 bits per heavy atom. The predicted octanol–water partition coefficient (Wildman–Crippen LogP) is 4.19. The fourth-order valence-corrected chi connectivity index (χ4v) is 2.36. The van der Waals surface area contributed by atoms with Gasteiger partial charge in [0.05, 0.1) is 0 Å². The van der Waals surface area contributed by atoms with Gasteiger partial charge in [-0.15, -0.1) is 0 Å². The van der Waals surface area contributed by atoms with Crippen LogP contribution in [0.5, 0.6) is 0 Å². The molecule has 0 aromatic heterocycles. The lowest BCUT2D eigenvalue weighted by Crippen LogP contribution is -1.85. The van der Waals surface area contributed by atoms with Crippen molar-refractivity contribution in [2.75, 3.05) is 5.33 Å². The molecule has 0 unspecified atom stereocenters. The van der Waals surface area contributed by atoms with Gasteiger partial charge in [-0.25, -0.2) is 0 Å². The Kier molecular flexibility index (Phi) is 3.41. The van der Waals surface area contributed by atoms with Crippen LogP contribution in [-0.4, -0.2) is 5.33 Å². The third kappa shape index (κ3) is 2.27. The summed E-state index contributed by atoms with van der Waals surface area (Å²) in [7, 11) is 0. The van der Waals surface area contributed by atoms with Crippen LogP contribution < -0.4 is 0 Å². The van der Waals surface area contributed by atoms with Crippen LogP contribution in [0.25, 0.3) is 6.08 Å². The van der Waals surface area contributed by atoms with E-state index in [9.17, 15) is 0 Å². The van der Waals surface area contributed by atoms with Gasteiger partial charge in [-0.3, -0.25) is 0 Å². The molecule has 2 rings (SSSR count). The summed E-state index contributed by atoms with van der Waals surface area (Å²) in [4.78, 5) is 0. The number of rotatable bonds is 4. The molecule has 74 valence electrons. The minimum Gasteiger partial charge on any atom is -0.0928 e. The molecule has 0 N–H and O–H groups in total. The van der Waals surface area contributed by atoms with E-state index >= 15 is 0 Å². The van der Waals surface area contributed by atoms with Crippen molar-refractivity contribution in [1.29, 1.82) is 0 Å². The first-order chi connectivity index (χ1) is 6.90. The molecule has 0 bridgehead atoms. The van der Waals surface area contributed by atoms with Crippen LogP contribution >= 0.6 is 15.9 Å². The van der Waals surface area contributed by atoms with E-state index in [0.29, 0.717) is 0 Å². The van der Waals surface area contributed by atoms with E-state index in [1.54, 1.807) is 5.57 Å². The summed E-state index contributed by atoms with van der Waals surface area (Å²) in [5.41, 5.74) is 4.54. The molecule has 0 aliphatic heterocycles. The maximum atomic E-state index is 3.47. The predicted molar refractivity (Wildman–Crippen MR) is 65.8 cm³/mol. The van der Waals surface area contributed by atoms with E-state index in [4.69, 9.17) is 0 Å². The quantitative estimate of drug-likeness (QED) is 0.556. The van der Waals surface area contributed by atoms with Crippen molar-refractivity contribution < 1.29 is 0 Å². The topological polar surface area (TPSA) is 0 Å². The van der Waals surface area contributed by atoms with Gasteiger partial charge in [0.15, 0.2) is 0 Å². The lowest BCUT2D eigenvalue weighted by atomic mass is 10.1. The molecule has 1 aromatic carbocycles. The van der Waals surface area contributed by atoms with Crippen LogP contribution in [0, 0.1) is 0 Å². The van der Waals surface area contributed by atoms with Gasteiger partial charge in [0, 0.05) is 5.33 Å². The molecule has 0 atom stereocenters. The largest absolute Gasteiger partial charge is 0.0928 e. The summed E-state index contributed by atoms with van der Waals surface area (Å²) >= 11 is 3.47. The smallest absolute Gasteiger partial charge is 0.00314 e. The maximum absolute atomic E-state index is 3.47. The molecule has 0 saturated carbocycles. The molecule has 0 nitrogen and oxygen atoms in total. The monoisotopic (exact) mass is 250 g/mol. The molecule has 0 saturated heterocycles. The van der Waals surface area contributed by atoms with E-state index < -0.39 is 0 Å². The number of hydrogen-bond acceptors (Lipinski definition) is 0. The third-order valence-electron chi connectivity index (χ3n) is 2.71. The first-order valence-electron chi connectivity index (χ1n) is 5.23. The Morgan fingerprint density at radius 2 is 2.00 bits per heavy atom. The first-order valence-corrected chi connectivity index (χ1v) is 6.35. The fraction of sp³-hybridized carbons (Fsp3) is 0.385. The van der Waals surface area contributed by atoms with Crippen molar-refractivity contribution in [3.05, 3.63) is 41.0 Å². The molecule has 1 aliphatic rings. The molecule has 0 spiro atoms. The summed E-state index contributed by atoms with van der Waals surface area (Å²) in [5, 5.41) is 1.13. The highest BCUT2D eigenvalue weighted by Crippen LogP contribution is 2.27. The van der Waals surface area contributed by atoms with Crippen molar-refractivity contribution in [2.45, 2.75) is 25.7 Å². The van der Waals surface area contributed by atoms with E-state index in [1.165, 1.54) is 36.8 Å². The highest BCUT2D eigenvalue weighted by molar-refractivity contribution is 9.09. The highest BCUT2D eigenvalue weighted by atomic mass is 79.9. The second kappa shape index (κ2) is 4.79. The van der Waals surface area contributed by atoms with Gasteiger partial charge >= 0.3 is 0 Å². The Hall–Kier alpha value is -0.560. The molecule has 0 amide bonds. The summed E-state index contributed by atoms with van der Waals surface area (Å²) in [6, 6.07) is 8.71. The standard InChI is InChI=1S/C13H15Br/c14-8-4-3-5-11-9-12-6-1-2-7-13(12)10-11/h1-2,6-7,9H,3-5,8,10H2. The minimum atomic E-state index is 1.13. The van der Waals surface area contributed by atoms with Gasteiger partial charge in [-0.2, -0.15) is 0 Å². The van der Waals surface area contributed by atoms with Crippen LogP contribution in [0.4, 0.5) is 0 Å². The van der Waals surface area contributed by atoms with Gasteiger partial charge in [-0.1, -0.05) is 51.8 Å². The zero-order chi connectivity index (χ0) is 9.80. The number of halogens is 1. The van der Waals surface area contributed by atoms with Crippen molar-refractivity contribution in [2.24, 2.45) is 0 Å². The Balaban J connectivity index is 1.95. The zero-order valence-corrected chi connectivity index (χ0v) is 9.89. The Morgan fingerprint density at radius 3 is 2.79 bits per heavy atom. The van der Waals surface area contributed by atoms with Crippen LogP contribution in [0.2, 0.25) is 0 Å². The first kappa shape index (κ1) is 9.97. The molecule has 1 aliphatic carbocycles. The highest BCUT2D eigenvalue weighted by Gasteiger charge is 2.10. The Labute approximate surface area is 94.2 Å². The van der Waals surface area contributed by atoms with Crippen LogP contribution in [-0.2, 0) is 6.42 Å². The van der Waals surface area contributed by atoms with Gasteiger partial charge in [-0.05, 0) is 36.8 Å². The maximum Gasteiger partial charge on any atom is 0.00314 e. The van der Waals surface area contributed by atoms with E-state index in [2.05, 4.69) is 46.3 Å². The SMILES string of the molecule is BrCCCCC1=Cc2ccccc2C1. The van der Waals surface area contributed by atoms with Crippen molar-refractivity contribution >= 4 is 22.0 Å². The number of alkyl halides is 1. The summed E-state index contributed by atoms with van der Waals surface area (Å²) < 4.78 is 0. The molecule has 14 heavy (non-hydrogen) atoms. The molecule has 1 aromatic rings. The van der Waals surface area contributed by atoms with E-state index in [-0.39, 0.29) is 0 Å². The van der Waals surface area contributed by atoms with E-state index in [0.717, 1.165) is 5.33 Å². The Bertz CT molecular complexity index is 339. The average Bonchev–Trinajstić information content (AvgIpc) is 2.60. The van der Waals surface area contributed by atoms with Gasteiger partial charge in [0.1, 0.15) is 0 Å². The molecule has 1 heteroatoms. The number of allylic oxidation sites excluding steroid dienone is 1. The molecule has 0 fully saturated rings. The van der Waals surface area contributed by atoms with Gasteiger partial charge < -0.3 is 0 Å². The molecule has 0 radical (unpaired) electrons. The lowest BCUT2D eigenvalue weighted by molar-refractivity contribution is 0.789. The van der Waals surface area contributed by atoms with Crippen molar-refractivity contribution in [3.63, 3.8) is 0 Å². The number of benzene rings is 1. The van der Waals surface area contributed by atoms with E-state index in [1.807, 2.05) is 0 Å². The molecule has 0 heterocycles. The lowest BCUT2D eigenvalue weighted by Gasteiger charge is -2.00. The van der Waals surface area contributed by atoms with Crippen molar-refractivity contribution in [1.82, 2.24) is 0 Å². The van der Waals surface area contributed by atoms with Crippen molar-refractivity contribution in [3.8, 4) is 0 Å². The van der Waals surface area contributed by atoms with Crippen LogP contribution in [0.15, 0.2) is 29.8 Å². The van der Waals surface area contributed by atoms with Gasteiger partial charge in [0.2, 0.25) is 0 Å². The molecular weight excluding hydrogens is 236 g/mol.